The number of nitrogens with zero attached hydrogens (tertiary/aromatic N) is 6. The number of aryl methyl sites for hydroxylation is 2. The summed E-state index contributed by atoms with van der Waals surface area (Å²) < 4.78 is 28.9. The van der Waals surface area contributed by atoms with Crippen molar-refractivity contribution in [3.8, 4) is 0 Å². The van der Waals surface area contributed by atoms with Crippen LogP contribution in [0, 0.1) is 12.8 Å². The fourth-order valence-corrected chi connectivity index (χ4v) is 7.21. The van der Waals surface area contributed by atoms with Gasteiger partial charge < -0.3 is 10.2 Å². The molecule has 2 fully saturated rings. The lowest BCUT2D eigenvalue weighted by atomic mass is 9.93. The van der Waals surface area contributed by atoms with E-state index in [1.54, 1.807) is 17.7 Å². The molecule has 2 N–H and O–H groups in total. The molecule has 3 aromatic heterocycles. The van der Waals surface area contributed by atoms with Crippen LogP contribution in [-0.4, -0.2) is 57.5 Å². The summed E-state index contributed by atoms with van der Waals surface area (Å²) in [4.78, 5) is 38.0. The Balaban J connectivity index is 1.40. The molecule has 1 aliphatic heterocycles. The second kappa shape index (κ2) is 10.6. The Morgan fingerprint density at radius 1 is 1.16 bits per heavy atom. The summed E-state index contributed by atoms with van der Waals surface area (Å²) in [5, 5.41) is 8.19. The van der Waals surface area contributed by atoms with E-state index in [1.807, 2.05) is 48.6 Å². The maximum absolute atomic E-state index is 13.8. The van der Waals surface area contributed by atoms with Gasteiger partial charge in [0, 0.05) is 44.4 Å². The molecule has 226 valence electrons. The number of benzene rings is 1. The highest BCUT2D eigenvalue weighted by Gasteiger charge is 2.47. The molecule has 0 spiro atoms. The molecule has 0 radical (unpaired) electrons. The van der Waals surface area contributed by atoms with Crippen LogP contribution in [-0.2, 0) is 24.1 Å². The van der Waals surface area contributed by atoms with Crippen LogP contribution in [0.4, 0.5) is 11.6 Å². The Bertz CT molecular complexity index is 1940. The molecule has 1 saturated carbocycles. The Morgan fingerprint density at radius 3 is 2.60 bits per heavy atom. The van der Waals surface area contributed by atoms with E-state index in [9.17, 15) is 18.0 Å². The second-order valence-corrected chi connectivity index (χ2v) is 13.9. The van der Waals surface area contributed by atoms with Crippen LogP contribution in [0.25, 0.3) is 10.9 Å². The maximum atomic E-state index is 13.8. The van der Waals surface area contributed by atoms with Crippen LogP contribution < -0.4 is 20.5 Å². The minimum Gasteiger partial charge on any atom is -0.377 e. The number of carbonyl (C=O) groups is 1. The minimum atomic E-state index is -3.83. The molecule has 4 heterocycles. The molecule has 14 heteroatoms. The van der Waals surface area contributed by atoms with Gasteiger partial charge in [0.25, 0.3) is 11.5 Å². The largest absolute Gasteiger partial charge is 0.377 e. The maximum Gasteiger partial charge on any atom is 0.285 e. The summed E-state index contributed by atoms with van der Waals surface area (Å²) in [6.07, 6.45) is 7.01. The van der Waals surface area contributed by atoms with Crippen molar-refractivity contribution < 1.29 is 13.2 Å². The van der Waals surface area contributed by atoms with E-state index in [-0.39, 0.29) is 28.1 Å². The molecule has 2 bridgehead atoms. The Morgan fingerprint density at radius 2 is 1.93 bits per heavy atom. The number of rotatable bonds is 7. The Kier molecular flexibility index (Phi) is 7.20. The number of piperidine rings is 1. The van der Waals surface area contributed by atoms with E-state index in [0.29, 0.717) is 28.7 Å². The van der Waals surface area contributed by atoms with Crippen molar-refractivity contribution in [2.75, 3.05) is 23.0 Å². The number of nitrogens with one attached hydrogen (secondary N) is 2. The Hall–Kier alpha value is -3.97. The normalized spacial score (nSPS) is 20.5. The molecule has 4 aromatic rings. The van der Waals surface area contributed by atoms with Crippen molar-refractivity contribution in [1.29, 1.82) is 0 Å². The summed E-state index contributed by atoms with van der Waals surface area (Å²) in [5.74, 6) is 0.537. The van der Waals surface area contributed by atoms with Crippen LogP contribution in [0.15, 0.2) is 41.5 Å². The molecule has 12 nitrogen and oxygen atoms in total. The van der Waals surface area contributed by atoms with Gasteiger partial charge >= 0.3 is 0 Å². The van der Waals surface area contributed by atoms with Crippen molar-refractivity contribution in [2.24, 2.45) is 20.0 Å². The number of hydrogen-bond donors (Lipinski definition) is 2. The zero-order chi connectivity index (χ0) is 30.8. The predicted molar refractivity (Wildman–Crippen MR) is 165 cm³/mol. The van der Waals surface area contributed by atoms with Gasteiger partial charge in [-0.15, -0.1) is 0 Å². The molecular weight excluding hydrogens is 592 g/mol. The zero-order valence-electron chi connectivity index (χ0n) is 24.5. The molecule has 2 aliphatic rings. The molecule has 1 saturated heterocycles. The van der Waals surface area contributed by atoms with E-state index in [2.05, 4.69) is 26.5 Å². The van der Waals surface area contributed by atoms with Gasteiger partial charge in [-0.25, -0.2) is 23.1 Å². The predicted octanol–water partition coefficient (Wildman–Crippen LogP) is 3.27. The van der Waals surface area contributed by atoms with Gasteiger partial charge in [0.2, 0.25) is 16.0 Å². The number of sulfonamides is 1. The van der Waals surface area contributed by atoms with Gasteiger partial charge in [-0.1, -0.05) is 17.7 Å². The standard InChI is InChI=1S/C29H33ClN8O4S/c1-15-8-19(16(2)32-22-6-7-24(30)33-26(22)27(39)35-43(5,41)42)25-21(9-15)28(40)37(4)29(34-25)38-13-17-10-20(23(38)11-17)18-12-31-36(3)14-18/h6-9,12,14,16-17,20,23,32H,10-11,13H2,1-5H3,(H,35,39)/t16-,17+,20+,23+/m1/s1. The highest BCUT2D eigenvalue weighted by atomic mass is 35.5. The van der Waals surface area contributed by atoms with E-state index >= 15 is 0 Å². The average molecular weight is 625 g/mol. The highest BCUT2D eigenvalue weighted by molar-refractivity contribution is 7.89. The third-order valence-electron chi connectivity index (χ3n) is 8.42. The molecule has 0 unspecified atom stereocenters. The number of amides is 1. The summed E-state index contributed by atoms with van der Waals surface area (Å²) in [6.45, 7) is 4.63. The highest BCUT2D eigenvalue weighted by Crippen LogP contribution is 2.48. The molecule has 43 heavy (non-hydrogen) atoms. The SMILES string of the molecule is Cc1cc([C@@H](C)Nc2ccc(Cl)nc2C(=O)NS(C)(=O)=O)c2nc(N3C[C@H]4C[C@@H](c5cnn(C)c5)[C@@H]3C4)n(C)c(=O)c2c1. The van der Waals surface area contributed by atoms with Crippen LogP contribution in [0.5, 0.6) is 0 Å². The third-order valence-corrected chi connectivity index (χ3v) is 9.18. The van der Waals surface area contributed by atoms with Crippen molar-refractivity contribution in [2.45, 2.75) is 44.7 Å². The van der Waals surface area contributed by atoms with Gasteiger partial charge in [0.05, 0.1) is 35.1 Å². The first-order valence-corrected chi connectivity index (χ1v) is 16.3. The van der Waals surface area contributed by atoms with Crippen molar-refractivity contribution in [1.82, 2.24) is 29.0 Å². The second-order valence-electron chi connectivity index (χ2n) is 11.7. The summed E-state index contributed by atoms with van der Waals surface area (Å²) in [5.41, 5.74) is 3.38. The molecule has 6 rings (SSSR count). The number of carbonyl (C=O) groups excluding carboxylic acids is 1. The van der Waals surface area contributed by atoms with E-state index < -0.39 is 22.0 Å². The number of anilines is 2. The smallest absolute Gasteiger partial charge is 0.285 e. The van der Waals surface area contributed by atoms with Crippen LogP contribution in [0.3, 0.4) is 0 Å². The van der Waals surface area contributed by atoms with Crippen LogP contribution >= 0.6 is 11.6 Å². The lowest BCUT2D eigenvalue weighted by molar-refractivity contribution is 0.0977. The van der Waals surface area contributed by atoms with Crippen molar-refractivity contribution >= 4 is 50.1 Å². The zero-order valence-corrected chi connectivity index (χ0v) is 26.1. The fourth-order valence-electron chi connectivity index (χ4n) is 6.63. The van der Waals surface area contributed by atoms with E-state index in [0.717, 1.165) is 36.8 Å². The van der Waals surface area contributed by atoms with Crippen LogP contribution in [0.2, 0.25) is 5.15 Å². The number of fused-ring (bicyclic) bond motifs is 3. The number of aromatic nitrogens is 5. The molecular formula is C29H33ClN8O4S. The van der Waals surface area contributed by atoms with E-state index in [4.69, 9.17) is 16.6 Å². The number of hydrogen-bond acceptors (Lipinski definition) is 9. The molecule has 1 amide bonds. The summed E-state index contributed by atoms with van der Waals surface area (Å²) in [6, 6.07) is 6.65. The van der Waals surface area contributed by atoms with E-state index in [1.165, 1.54) is 11.6 Å². The Labute approximate surface area is 254 Å². The number of halogens is 1. The van der Waals surface area contributed by atoms with Gasteiger partial charge in [-0.05, 0) is 61.9 Å². The topological polar surface area (TPSA) is 144 Å². The summed E-state index contributed by atoms with van der Waals surface area (Å²) >= 11 is 6.05. The van der Waals surface area contributed by atoms with Crippen molar-refractivity contribution in [3.63, 3.8) is 0 Å². The lowest BCUT2D eigenvalue weighted by Crippen LogP contribution is -2.41. The summed E-state index contributed by atoms with van der Waals surface area (Å²) in [7, 11) is -0.141. The molecule has 4 atom stereocenters. The molecule has 1 aromatic carbocycles. The van der Waals surface area contributed by atoms with Crippen LogP contribution in [0.1, 0.15) is 58.9 Å². The third kappa shape index (κ3) is 5.47. The first-order valence-electron chi connectivity index (χ1n) is 14.0. The first-order chi connectivity index (χ1) is 20.3. The lowest BCUT2D eigenvalue weighted by Gasteiger charge is -2.34. The average Bonchev–Trinajstić information content (AvgIpc) is 3.66. The fraction of sp³-hybridized carbons (Fsp3) is 0.414. The first kappa shape index (κ1) is 29.1. The quantitative estimate of drug-likeness (QED) is 0.296. The number of pyridine rings is 1. The van der Waals surface area contributed by atoms with Gasteiger partial charge in [0.1, 0.15) is 5.15 Å². The molecule has 1 aliphatic carbocycles. The van der Waals surface area contributed by atoms with Gasteiger partial charge in [-0.2, -0.15) is 5.10 Å². The van der Waals surface area contributed by atoms with Crippen molar-refractivity contribution in [3.05, 3.63) is 74.6 Å². The van der Waals surface area contributed by atoms with Gasteiger partial charge in [0.15, 0.2) is 5.69 Å². The minimum absolute atomic E-state index is 0.0390. The monoisotopic (exact) mass is 624 g/mol. The van der Waals surface area contributed by atoms with Gasteiger partial charge in [-0.3, -0.25) is 18.8 Å².